The van der Waals surface area contributed by atoms with Crippen LogP contribution >= 0.6 is 22.9 Å². The second kappa shape index (κ2) is 7.67. The summed E-state index contributed by atoms with van der Waals surface area (Å²) in [4.78, 5) is 22.4. The van der Waals surface area contributed by atoms with Crippen molar-refractivity contribution in [2.24, 2.45) is 0 Å². The van der Waals surface area contributed by atoms with E-state index in [0.717, 1.165) is 10.7 Å². The monoisotopic (exact) mass is 339 g/mol. The van der Waals surface area contributed by atoms with Crippen LogP contribution in [0, 0.1) is 0 Å². The van der Waals surface area contributed by atoms with Crippen LogP contribution in [0.1, 0.15) is 41.0 Å². The van der Waals surface area contributed by atoms with Gasteiger partial charge in [0.15, 0.2) is 0 Å². The van der Waals surface area contributed by atoms with Crippen LogP contribution < -0.4 is 0 Å². The van der Waals surface area contributed by atoms with Gasteiger partial charge in [0.05, 0.1) is 17.8 Å². The zero-order chi connectivity index (χ0) is 16.1. The van der Waals surface area contributed by atoms with E-state index in [-0.39, 0.29) is 12.0 Å². The van der Waals surface area contributed by atoms with Crippen LogP contribution in [0.3, 0.4) is 0 Å². The Balaban J connectivity index is 2.01. The van der Waals surface area contributed by atoms with Gasteiger partial charge in [-0.1, -0.05) is 11.6 Å². The maximum Gasteiger partial charge on any atom is 0.255 e. The molecule has 0 aliphatic rings. The summed E-state index contributed by atoms with van der Waals surface area (Å²) >= 11 is 7.27. The third-order valence-corrected chi connectivity index (χ3v) is 4.33. The van der Waals surface area contributed by atoms with Gasteiger partial charge in [-0.25, -0.2) is 9.97 Å². The molecule has 2 rings (SSSR count). The number of amides is 1. The molecular weight excluding hydrogens is 322 g/mol. The molecule has 118 valence electrons. The number of carbonyl (C=O) groups excluding carboxylic acids is 1. The van der Waals surface area contributed by atoms with Gasteiger partial charge in [0.2, 0.25) is 0 Å². The van der Waals surface area contributed by atoms with Crippen molar-refractivity contribution in [1.29, 1.82) is 0 Å². The molecule has 0 fully saturated rings. The first kappa shape index (κ1) is 16.9. The van der Waals surface area contributed by atoms with Crippen LogP contribution in [0.4, 0.5) is 0 Å². The van der Waals surface area contributed by atoms with E-state index in [1.165, 1.54) is 6.20 Å². The standard InChI is InChI=1S/C15H18ClN3O2S/c1-4-21-10(2)14-18-12(9-22-14)8-19(3)15(20)11-5-6-13(16)17-7-11/h5-7,9-10H,4,8H2,1-3H3/t10-/m0/s1. The van der Waals surface area contributed by atoms with Crippen LogP contribution in [-0.2, 0) is 11.3 Å². The molecule has 7 heteroatoms. The van der Waals surface area contributed by atoms with Crippen molar-refractivity contribution in [3.8, 4) is 0 Å². The largest absolute Gasteiger partial charge is 0.372 e. The van der Waals surface area contributed by atoms with Crippen molar-refractivity contribution >= 4 is 28.8 Å². The number of halogens is 1. The number of carbonyl (C=O) groups is 1. The molecule has 0 spiro atoms. The van der Waals surface area contributed by atoms with Crippen LogP contribution in [0.25, 0.3) is 0 Å². The Labute approximate surface area is 138 Å². The van der Waals surface area contributed by atoms with E-state index in [2.05, 4.69) is 9.97 Å². The van der Waals surface area contributed by atoms with Gasteiger partial charge in [0.1, 0.15) is 16.3 Å². The molecule has 1 atom stereocenters. The molecule has 5 nitrogen and oxygen atoms in total. The van der Waals surface area contributed by atoms with Gasteiger partial charge in [-0.05, 0) is 26.0 Å². The Morgan fingerprint density at radius 2 is 2.27 bits per heavy atom. The predicted octanol–water partition coefficient (Wildman–Crippen LogP) is 3.56. The molecule has 2 aromatic heterocycles. The van der Waals surface area contributed by atoms with Crippen molar-refractivity contribution in [3.63, 3.8) is 0 Å². The van der Waals surface area contributed by atoms with Crippen molar-refractivity contribution in [3.05, 3.63) is 45.1 Å². The molecule has 0 saturated heterocycles. The summed E-state index contributed by atoms with van der Waals surface area (Å²) in [5.41, 5.74) is 1.36. The Morgan fingerprint density at radius 1 is 1.50 bits per heavy atom. The zero-order valence-electron chi connectivity index (χ0n) is 12.7. The molecule has 0 unspecified atom stereocenters. The number of rotatable bonds is 6. The first-order valence-electron chi connectivity index (χ1n) is 6.94. The third kappa shape index (κ3) is 4.25. The summed E-state index contributed by atoms with van der Waals surface area (Å²) in [6, 6.07) is 3.27. The van der Waals surface area contributed by atoms with Gasteiger partial charge in [-0.15, -0.1) is 11.3 Å². The number of thiazole rings is 1. The SMILES string of the molecule is CCO[C@@H](C)c1nc(CN(C)C(=O)c2ccc(Cl)nc2)cs1. The number of nitrogens with zero attached hydrogens (tertiary/aromatic N) is 3. The average molecular weight is 340 g/mol. The fraction of sp³-hybridized carbons (Fsp3) is 0.400. The number of ether oxygens (including phenoxy) is 1. The first-order chi connectivity index (χ1) is 10.5. The normalized spacial score (nSPS) is 12.2. The van der Waals surface area contributed by atoms with E-state index < -0.39 is 0 Å². The highest BCUT2D eigenvalue weighted by molar-refractivity contribution is 7.09. The quantitative estimate of drug-likeness (QED) is 0.755. The van der Waals surface area contributed by atoms with Crippen LogP contribution in [0.5, 0.6) is 0 Å². The second-order valence-electron chi connectivity index (χ2n) is 4.81. The average Bonchev–Trinajstić information content (AvgIpc) is 2.96. The summed E-state index contributed by atoms with van der Waals surface area (Å²) in [6.07, 6.45) is 1.45. The van der Waals surface area contributed by atoms with E-state index in [1.54, 1.807) is 35.4 Å². The fourth-order valence-electron chi connectivity index (χ4n) is 1.94. The van der Waals surface area contributed by atoms with Gasteiger partial charge in [-0.2, -0.15) is 0 Å². The lowest BCUT2D eigenvalue weighted by atomic mass is 10.2. The summed E-state index contributed by atoms with van der Waals surface area (Å²) in [5, 5.41) is 3.24. The Morgan fingerprint density at radius 3 is 2.91 bits per heavy atom. The molecule has 0 radical (unpaired) electrons. The number of hydrogen-bond acceptors (Lipinski definition) is 5. The maximum atomic E-state index is 12.3. The predicted molar refractivity (Wildman–Crippen MR) is 87.2 cm³/mol. The van der Waals surface area contributed by atoms with E-state index >= 15 is 0 Å². The number of pyridine rings is 1. The van der Waals surface area contributed by atoms with E-state index in [4.69, 9.17) is 16.3 Å². The highest BCUT2D eigenvalue weighted by Gasteiger charge is 2.15. The van der Waals surface area contributed by atoms with Crippen LogP contribution in [-0.4, -0.2) is 34.4 Å². The summed E-state index contributed by atoms with van der Waals surface area (Å²) in [7, 11) is 1.74. The van der Waals surface area contributed by atoms with Crippen molar-refractivity contribution in [2.45, 2.75) is 26.5 Å². The van der Waals surface area contributed by atoms with Crippen molar-refractivity contribution in [1.82, 2.24) is 14.9 Å². The molecule has 1 amide bonds. The van der Waals surface area contributed by atoms with Gasteiger partial charge in [-0.3, -0.25) is 4.79 Å². The Bertz CT molecular complexity index is 630. The zero-order valence-corrected chi connectivity index (χ0v) is 14.3. The van der Waals surface area contributed by atoms with Gasteiger partial charge >= 0.3 is 0 Å². The summed E-state index contributed by atoms with van der Waals surface area (Å²) in [6.45, 7) is 5.02. The first-order valence-corrected chi connectivity index (χ1v) is 8.20. The topological polar surface area (TPSA) is 55.3 Å². The number of aromatic nitrogens is 2. The molecule has 0 aromatic carbocycles. The molecular formula is C15H18ClN3O2S. The van der Waals surface area contributed by atoms with Gasteiger partial charge in [0, 0.05) is 25.2 Å². The van der Waals surface area contributed by atoms with Crippen molar-refractivity contribution in [2.75, 3.05) is 13.7 Å². The van der Waals surface area contributed by atoms with Crippen LogP contribution in [0.15, 0.2) is 23.7 Å². The summed E-state index contributed by atoms with van der Waals surface area (Å²) in [5.74, 6) is -0.114. The number of hydrogen-bond donors (Lipinski definition) is 0. The van der Waals surface area contributed by atoms with E-state index in [1.807, 2.05) is 19.2 Å². The Kier molecular flexibility index (Phi) is 5.88. The lowest BCUT2D eigenvalue weighted by Crippen LogP contribution is -2.26. The van der Waals surface area contributed by atoms with Crippen molar-refractivity contribution < 1.29 is 9.53 Å². The minimum Gasteiger partial charge on any atom is -0.372 e. The molecule has 2 aromatic rings. The maximum absolute atomic E-state index is 12.3. The lowest BCUT2D eigenvalue weighted by Gasteiger charge is -2.15. The van der Waals surface area contributed by atoms with Crippen LogP contribution in [0.2, 0.25) is 5.15 Å². The molecule has 0 N–H and O–H groups in total. The van der Waals surface area contributed by atoms with E-state index in [0.29, 0.717) is 23.9 Å². The molecule has 2 heterocycles. The highest BCUT2D eigenvalue weighted by Crippen LogP contribution is 2.22. The minimum absolute atomic E-state index is 0.0229. The molecule has 0 saturated carbocycles. The fourth-order valence-corrected chi connectivity index (χ4v) is 2.87. The smallest absolute Gasteiger partial charge is 0.255 e. The van der Waals surface area contributed by atoms with Gasteiger partial charge in [0.25, 0.3) is 5.91 Å². The molecule has 0 bridgehead atoms. The molecule has 0 aliphatic heterocycles. The Hall–Kier alpha value is -1.50. The molecule has 22 heavy (non-hydrogen) atoms. The second-order valence-corrected chi connectivity index (χ2v) is 6.08. The van der Waals surface area contributed by atoms with Gasteiger partial charge < -0.3 is 9.64 Å². The highest BCUT2D eigenvalue weighted by atomic mass is 35.5. The summed E-state index contributed by atoms with van der Waals surface area (Å²) < 4.78 is 5.52. The molecule has 0 aliphatic carbocycles. The minimum atomic E-state index is -0.114. The van der Waals surface area contributed by atoms with E-state index in [9.17, 15) is 4.79 Å². The third-order valence-electron chi connectivity index (χ3n) is 3.05. The lowest BCUT2D eigenvalue weighted by molar-refractivity contribution is 0.0756.